The molecule has 1 aromatic carbocycles. The number of para-hydroxylation sites is 1. The summed E-state index contributed by atoms with van der Waals surface area (Å²) >= 11 is 2.31. The largest absolute Gasteiger partial charge is 0.487 e. The Balaban J connectivity index is 2.08. The average molecular weight is 328 g/mol. The summed E-state index contributed by atoms with van der Waals surface area (Å²) in [6.45, 7) is 2.57. The van der Waals surface area contributed by atoms with E-state index in [1.54, 1.807) is 0 Å². The van der Waals surface area contributed by atoms with Gasteiger partial charge in [0, 0.05) is 12.7 Å². The van der Waals surface area contributed by atoms with Crippen molar-refractivity contribution >= 4 is 22.6 Å². The minimum atomic E-state index is 0.518. The van der Waals surface area contributed by atoms with Gasteiger partial charge in [-0.1, -0.05) is 18.2 Å². The van der Waals surface area contributed by atoms with Gasteiger partial charge in [-0.2, -0.15) is 5.10 Å². The predicted molar refractivity (Wildman–Crippen MR) is 71.4 cm³/mol. The van der Waals surface area contributed by atoms with Crippen LogP contribution in [0.4, 0.5) is 0 Å². The van der Waals surface area contributed by atoms with Crippen LogP contribution in [0.5, 0.6) is 5.75 Å². The topological polar surface area (TPSA) is 27.1 Å². The molecule has 0 N–H and O–H groups in total. The first-order chi connectivity index (χ1) is 7.68. The van der Waals surface area contributed by atoms with Gasteiger partial charge in [0.25, 0.3) is 0 Å². The molecule has 2 aromatic rings. The standard InChI is InChI=1S/C12H13IN2O/c1-9-12(13)11(14-15(9)2)8-16-10-6-4-3-5-7-10/h3-7H,8H2,1-2H3. The molecule has 2 rings (SSSR count). The molecule has 0 radical (unpaired) electrons. The maximum absolute atomic E-state index is 5.66. The van der Waals surface area contributed by atoms with Gasteiger partial charge in [-0.05, 0) is 41.6 Å². The zero-order chi connectivity index (χ0) is 11.5. The highest BCUT2D eigenvalue weighted by atomic mass is 127. The molecule has 16 heavy (non-hydrogen) atoms. The molecular weight excluding hydrogens is 315 g/mol. The van der Waals surface area contributed by atoms with E-state index >= 15 is 0 Å². The van der Waals surface area contributed by atoms with Gasteiger partial charge in [0.1, 0.15) is 18.1 Å². The fourth-order valence-corrected chi connectivity index (χ4v) is 2.02. The number of aromatic nitrogens is 2. The SMILES string of the molecule is Cc1c(I)c(COc2ccccc2)nn1C. The van der Waals surface area contributed by atoms with Crippen LogP contribution in [0.25, 0.3) is 0 Å². The van der Waals surface area contributed by atoms with Gasteiger partial charge < -0.3 is 4.74 Å². The lowest BCUT2D eigenvalue weighted by Crippen LogP contribution is -1.98. The molecule has 3 nitrogen and oxygen atoms in total. The van der Waals surface area contributed by atoms with E-state index in [1.165, 1.54) is 9.26 Å². The molecule has 0 aliphatic rings. The molecule has 4 heteroatoms. The van der Waals surface area contributed by atoms with Crippen molar-refractivity contribution < 1.29 is 4.74 Å². The summed E-state index contributed by atoms with van der Waals surface area (Å²) in [6, 6.07) is 9.79. The van der Waals surface area contributed by atoms with Crippen molar-refractivity contribution in [1.29, 1.82) is 0 Å². The Morgan fingerprint density at radius 1 is 1.31 bits per heavy atom. The van der Waals surface area contributed by atoms with Gasteiger partial charge in [0.15, 0.2) is 0 Å². The fraction of sp³-hybridized carbons (Fsp3) is 0.250. The number of aryl methyl sites for hydroxylation is 1. The summed E-state index contributed by atoms with van der Waals surface area (Å²) in [5.74, 6) is 0.876. The van der Waals surface area contributed by atoms with Gasteiger partial charge in [-0.25, -0.2) is 0 Å². The van der Waals surface area contributed by atoms with Crippen LogP contribution in [-0.4, -0.2) is 9.78 Å². The monoisotopic (exact) mass is 328 g/mol. The summed E-state index contributed by atoms with van der Waals surface area (Å²) in [5, 5.41) is 4.41. The van der Waals surface area contributed by atoms with Crippen molar-refractivity contribution in [3.8, 4) is 5.75 Å². The summed E-state index contributed by atoms with van der Waals surface area (Å²) in [4.78, 5) is 0. The Kier molecular flexibility index (Phi) is 3.48. The molecule has 1 heterocycles. The Hall–Kier alpha value is -1.04. The number of hydrogen-bond acceptors (Lipinski definition) is 2. The molecule has 0 aliphatic heterocycles. The molecule has 84 valence electrons. The van der Waals surface area contributed by atoms with Gasteiger partial charge in [-0.3, -0.25) is 4.68 Å². The molecule has 0 unspecified atom stereocenters. The lowest BCUT2D eigenvalue weighted by molar-refractivity contribution is 0.299. The number of ether oxygens (including phenoxy) is 1. The van der Waals surface area contributed by atoms with E-state index in [9.17, 15) is 0 Å². The van der Waals surface area contributed by atoms with Crippen LogP contribution < -0.4 is 4.74 Å². The molecule has 0 bridgehead atoms. The van der Waals surface area contributed by atoms with E-state index in [0.29, 0.717) is 6.61 Å². The zero-order valence-electron chi connectivity index (χ0n) is 9.27. The molecule has 0 aliphatic carbocycles. The van der Waals surface area contributed by atoms with Crippen LogP contribution in [0.1, 0.15) is 11.4 Å². The number of hydrogen-bond donors (Lipinski definition) is 0. The van der Waals surface area contributed by atoms with Crippen LogP contribution in [0.3, 0.4) is 0 Å². The first-order valence-corrected chi connectivity index (χ1v) is 6.12. The fourth-order valence-electron chi connectivity index (χ4n) is 1.41. The van der Waals surface area contributed by atoms with E-state index < -0.39 is 0 Å². The molecule has 0 spiro atoms. The highest BCUT2D eigenvalue weighted by Crippen LogP contribution is 2.17. The van der Waals surface area contributed by atoms with Crippen molar-refractivity contribution in [2.45, 2.75) is 13.5 Å². The third kappa shape index (κ3) is 2.37. The van der Waals surface area contributed by atoms with Gasteiger partial charge in [0.05, 0.1) is 3.57 Å². The predicted octanol–water partition coefficient (Wildman–Crippen LogP) is 2.91. The van der Waals surface area contributed by atoms with Crippen LogP contribution in [0, 0.1) is 10.5 Å². The quantitative estimate of drug-likeness (QED) is 0.810. The van der Waals surface area contributed by atoms with E-state index in [2.05, 4.69) is 34.6 Å². The summed E-state index contributed by atoms with van der Waals surface area (Å²) in [7, 11) is 1.95. The molecule has 0 saturated carbocycles. The Labute approximate surface area is 109 Å². The summed E-state index contributed by atoms with van der Waals surface area (Å²) in [6.07, 6.45) is 0. The van der Waals surface area contributed by atoms with E-state index in [-0.39, 0.29) is 0 Å². The van der Waals surface area contributed by atoms with Crippen molar-refractivity contribution in [2.24, 2.45) is 7.05 Å². The van der Waals surface area contributed by atoms with Crippen molar-refractivity contribution in [2.75, 3.05) is 0 Å². The average Bonchev–Trinajstić information content (AvgIpc) is 2.56. The summed E-state index contributed by atoms with van der Waals surface area (Å²) < 4.78 is 8.72. The van der Waals surface area contributed by atoms with Crippen LogP contribution in [0.15, 0.2) is 30.3 Å². The second-order valence-corrected chi connectivity index (χ2v) is 4.65. The van der Waals surface area contributed by atoms with Gasteiger partial charge in [-0.15, -0.1) is 0 Å². The molecule has 0 fully saturated rings. The molecule has 0 saturated heterocycles. The Bertz CT molecular complexity index is 479. The highest BCUT2D eigenvalue weighted by Gasteiger charge is 2.10. The second-order valence-electron chi connectivity index (χ2n) is 3.57. The Morgan fingerprint density at radius 3 is 2.56 bits per heavy atom. The first-order valence-electron chi connectivity index (χ1n) is 5.04. The molecule has 0 amide bonds. The first kappa shape index (κ1) is 11.4. The zero-order valence-corrected chi connectivity index (χ0v) is 11.4. The lowest BCUT2D eigenvalue weighted by atomic mass is 10.3. The van der Waals surface area contributed by atoms with E-state index in [0.717, 1.165) is 11.4 Å². The van der Waals surface area contributed by atoms with Crippen molar-refractivity contribution in [3.63, 3.8) is 0 Å². The normalized spacial score (nSPS) is 10.4. The van der Waals surface area contributed by atoms with Crippen LogP contribution in [-0.2, 0) is 13.7 Å². The van der Waals surface area contributed by atoms with Crippen molar-refractivity contribution in [1.82, 2.24) is 9.78 Å². The van der Waals surface area contributed by atoms with Crippen molar-refractivity contribution in [3.05, 3.63) is 45.3 Å². The van der Waals surface area contributed by atoms with Crippen LogP contribution >= 0.6 is 22.6 Å². The third-order valence-corrected chi connectivity index (χ3v) is 3.85. The highest BCUT2D eigenvalue weighted by molar-refractivity contribution is 14.1. The third-order valence-electron chi connectivity index (χ3n) is 2.45. The maximum Gasteiger partial charge on any atom is 0.133 e. The molecular formula is C12H13IN2O. The van der Waals surface area contributed by atoms with Gasteiger partial charge >= 0.3 is 0 Å². The smallest absolute Gasteiger partial charge is 0.133 e. The van der Waals surface area contributed by atoms with Crippen LogP contribution in [0.2, 0.25) is 0 Å². The minimum absolute atomic E-state index is 0.518. The number of nitrogens with zero attached hydrogens (tertiary/aromatic N) is 2. The van der Waals surface area contributed by atoms with E-state index in [4.69, 9.17) is 4.74 Å². The van der Waals surface area contributed by atoms with Gasteiger partial charge in [0.2, 0.25) is 0 Å². The second kappa shape index (κ2) is 4.86. The van der Waals surface area contributed by atoms with E-state index in [1.807, 2.05) is 42.1 Å². The Morgan fingerprint density at radius 2 is 2.00 bits per heavy atom. The number of rotatable bonds is 3. The lowest BCUT2D eigenvalue weighted by Gasteiger charge is -2.03. The molecule has 0 atom stereocenters. The minimum Gasteiger partial charge on any atom is -0.487 e. The molecule has 1 aromatic heterocycles. The summed E-state index contributed by atoms with van der Waals surface area (Å²) in [5.41, 5.74) is 2.16. The number of halogens is 1. The maximum atomic E-state index is 5.66. The number of benzene rings is 1.